The molecular weight excluding hydrogens is 782 g/mol. The number of aliphatic hydroxyl groups excluding tert-OH is 1. The van der Waals surface area contributed by atoms with Crippen molar-refractivity contribution < 1.29 is 81.4 Å². The largest absolute Gasteiger partial charge is 0.444 e. The van der Waals surface area contributed by atoms with Crippen LogP contribution in [0.4, 0.5) is 4.79 Å². The van der Waals surface area contributed by atoms with Gasteiger partial charge in [-0.15, -0.1) is 0 Å². The van der Waals surface area contributed by atoms with E-state index in [-0.39, 0.29) is 18.9 Å². The quantitative estimate of drug-likeness (QED) is 0.0411. The van der Waals surface area contributed by atoms with Crippen LogP contribution in [0.1, 0.15) is 52.9 Å². The van der Waals surface area contributed by atoms with Gasteiger partial charge in [0.2, 0.25) is 5.91 Å². The maximum atomic E-state index is 12.0. The second kappa shape index (κ2) is 44.2. The summed E-state index contributed by atoms with van der Waals surface area (Å²) in [5.41, 5.74) is 4.65. The fourth-order valence-electron chi connectivity index (χ4n) is 4.47. The number of hydrogen-bond donors (Lipinski definition) is 5. The van der Waals surface area contributed by atoms with Gasteiger partial charge >= 0.3 is 6.09 Å². The van der Waals surface area contributed by atoms with Gasteiger partial charge in [0, 0.05) is 32.7 Å². The lowest BCUT2D eigenvalue weighted by Gasteiger charge is -2.24. The summed E-state index contributed by atoms with van der Waals surface area (Å²) >= 11 is 0. The molecule has 0 aromatic rings. The molecule has 59 heavy (non-hydrogen) atoms. The summed E-state index contributed by atoms with van der Waals surface area (Å²) in [6.45, 7) is 17.8. The van der Waals surface area contributed by atoms with Gasteiger partial charge < -0.3 is 88.2 Å². The molecule has 0 aliphatic heterocycles. The van der Waals surface area contributed by atoms with Gasteiger partial charge in [-0.25, -0.2) is 4.79 Å². The van der Waals surface area contributed by atoms with Crippen LogP contribution < -0.4 is 16.4 Å². The minimum absolute atomic E-state index is 0.141. The van der Waals surface area contributed by atoms with Gasteiger partial charge in [0.15, 0.2) is 6.29 Å². The molecular formula is C39H79N3O17. The van der Waals surface area contributed by atoms with Gasteiger partial charge in [0.25, 0.3) is 0 Å². The summed E-state index contributed by atoms with van der Waals surface area (Å²) in [5, 5.41) is 24.3. The summed E-state index contributed by atoms with van der Waals surface area (Å²) in [6, 6.07) is -0.861. The zero-order valence-electron chi connectivity index (χ0n) is 36.2. The first-order chi connectivity index (χ1) is 28.7. The molecule has 0 saturated carbocycles. The third kappa shape index (κ3) is 47.0. The molecule has 0 aliphatic carbocycles. The minimum Gasteiger partial charge on any atom is -0.444 e. The number of rotatable bonds is 46. The molecule has 0 rings (SSSR count). The monoisotopic (exact) mass is 862 g/mol. The molecule has 6 N–H and O–H groups in total. The maximum absolute atomic E-state index is 12.0. The Morgan fingerprint density at radius 3 is 1.17 bits per heavy atom. The standard InChI is InChI=1S/C39H79N3O17/c1-39(2,3)59-38(46)42-35(37(44)45)7-4-5-10-41-36(43)8-13-49-17-21-53-25-29-55-27-23-51-19-15-47-11-6-12-48-16-20-52-24-28-56-31-33-58-34-32-57-30-26-54-22-18-50-14-9-40/h35,37,44-45H,4-34,40H2,1-3H3,(H,41,43)(H,42,46)/t35-/m1/s1. The first kappa shape index (κ1) is 57.1. The number of alkyl carbamates (subject to hydrolysis) is 1. The van der Waals surface area contributed by atoms with Crippen LogP contribution >= 0.6 is 0 Å². The van der Waals surface area contributed by atoms with Crippen molar-refractivity contribution in [3.05, 3.63) is 0 Å². The molecule has 0 aromatic heterocycles. The lowest BCUT2D eigenvalue weighted by Crippen LogP contribution is -2.45. The highest BCUT2D eigenvalue weighted by atomic mass is 16.6. The fourth-order valence-corrected chi connectivity index (χ4v) is 4.47. The number of ether oxygens (including phenoxy) is 13. The molecule has 20 nitrogen and oxygen atoms in total. The topological polar surface area (TPSA) is 245 Å². The van der Waals surface area contributed by atoms with E-state index in [1.54, 1.807) is 20.8 Å². The third-order valence-electron chi connectivity index (χ3n) is 7.36. The van der Waals surface area contributed by atoms with E-state index in [0.29, 0.717) is 184 Å². The van der Waals surface area contributed by atoms with Crippen molar-refractivity contribution in [2.24, 2.45) is 5.73 Å². The average molecular weight is 862 g/mol. The van der Waals surface area contributed by atoms with Crippen molar-refractivity contribution in [1.82, 2.24) is 10.6 Å². The number of carbonyl (C=O) groups is 2. The van der Waals surface area contributed by atoms with Gasteiger partial charge in [-0.3, -0.25) is 4.79 Å². The van der Waals surface area contributed by atoms with Crippen LogP contribution in [0, 0.1) is 0 Å². The lowest BCUT2D eigenvalue weighted by molar-refractivity contribution is -0.122. The van der Waals surface area contributed by atoms with Crippen LogP contribution in [-0.4, -0.2) is 212 Å². The first-order valence-corrected chi connectivity index (χ1v) is 20.9. The van der Waals surface area contributed by atoms with E-state index in [9.17, 15) is 19.8 Å². The lowest BCUT2D eigenvalue weighted by atomic mass is 10.1. The Hall–Kier alpha value is -1.86. The number of carbonyl (C=O) groups excluding carboxylic acids is 2. The Kier molecular flexibility index (Phi) is 42.8. The van der Waals surface area contributed by atoms with Gasteiger partial charge in [-0.1, -0.05) is 0 Å². The van der Waals surface area contributed by atoms with Crippen molar-refractivity contribution in [2.45, 2.75) is 70.8 Å². The highest BCUT2D eigenvalue weighted by Gasteiger charge is 2.23. The molecule has 0 unspecified atom stereocenters. The van der Waals surface area contributed by atoms with E-state index in [1.807, 2.05) is 0 Å². The minimum atomic E-state index is -1.71. The van der Waals surface area contributed by atoms with E-state index >= 15 is 0 Å². The highest BCUT2D eigenvalue weighted by Crippen LogP contribution is 2.09. The van der Waals surface area contributed by atoms with Crippen molar-refractivity contribution in [1.29, 1.82) is 0 Å². The number of nitrogens with one attached hydrogen (secondary N) is 2. The Balaban J connectivity index is 3.27. The van der Waals surface area contributed by atoms with Crippen LogP contribution in [0.15, 0.2) is 0 Å². The summed E-state index contributed by atoms with van der Waals surface area (Å²) in [7, 11) is 0. The zero-order valence-corrected chi connectivity index (χ0v) is 36.2. The third-order valence-corrected chi connectivity index (χ3v) is 7.36. The van der Waals surface area contributed by atoms with E-state index in [4.69, 9.17) is 67.3 Å². The van der Waals surface area contributed by atoms with E-state index in [2.05, 4.69) is 10.6 Å². The van der Waals surface area contributed by atoms with Crippen LogP contribution in [0.5, 0.6) is 0 Å². The molecule has 0 aliphatic rings. The van der Waals surface area contributed by atoms with Crippen LogP contribution in [0.25, 0.3) is 0 Å². The first-order valence-electron chi connectivity index (χ1n) is 20.9. The predicted octanol–water partition coefficient (Wildman–Crippen LogP) is 0.415. The summed E-state index contributed by atoms with van der Waals surface area (Å²) < 4.78 is 70.6. The number of amides is 2. The summed E-state index contributed by atoms with van der Waals surface area (Å²) in [6.07, 6.45) is 0.0816. The number of hydrogen-bond acceptors (Lipinski definition) is 18. The van der Waals surface area contributed by atoms with E-state index in [1.165, 1.54) is 0 Å². The maximum Gasteiger partial charge on any atom is 0.408 e. The smallest absolute Gasteiger partial charge is 0.408 e. The summed E-state index contributed by atoms with van der Waals surface area (Å²) in [5.74, 6) is -0.141. The van der Waals surface area contributed by atoms with Gasteiger partial charge in [0.1, 0.15) is 5.60 Å². The molecule has 2 amide bonds. The zero-order chi connectivity index (χ0) is 43.3. The molecule has 0 spiro atoms. The van der Waals surface area contributed by atoms with Gasteiger partial charge in [-0.05, 0) is 46.5 Å². The Labute approximate surface area is 351 Å². The van der Waals surface area contributed by atoms with Crippen molar-refractivity contribution in [3.63, 3.8) is 0 Å². The molecule has 0 fully saturated rings. The fraction of sp³-hybridized carbons (Fsp3) is 0.949. The van der Waals surface area contributed by atoms with Gasteiger partial charge in [0.05, 0.1) is 151 Å². The van der Waals surface area contributed by atoms with Crippen LogP contribution in [0.3, 0.4) is 0 Å². The predicted molar refractivity (Wildman–Crippen MR) is 216 cm³/mol. The van der Waals surface area contributed by atoms with Crippen molar-refractivity contribution >= 4 is 12.0 Å². The van der Waals surface area contributed by atoms with E-state index in [0.717, 1.165) is 6.42 Å². The van der Waals surface area contributed by atoms with E-state index < -0.39 is 24.0 Å². The molecule has 0 heterocycles. The van der Waals surface area contributed by atoms with Crippen molar-refractivity contribution in [3.8, 4) is 0 Å². The molecule has 0 aromatic carbocycles. The normalized spacial score (nSPS) is 12.3. The molecule has 0 saturated heterocycles. The van der Waals surface area contributed by atoms with Crippen LogP contribution in [0.2, 0.25) is 0 Å². The Bertz CT molecular complexity index is 905. The van der Waals surface area contributed by atoms with Gasteiger partial charge in [-0.2, -0.15) is 0 Å². The molecule has 20 heteroatoms. The Morgan fingerprint density at radius 2 is 0.831 bits per heavy atom. The molecule has 0 radical (unpaired) electrons. The second-order valence-corrected chi connectivity index (χ2v) is 13.8. The highest BCUT2D eigenvalue weighted by molar-refractivity contribution is 5.75. The molecule has 0 bridgehead atoms. The molecule has 1 atom stereocenters. The molecule has 352 valence electrons. The van der Waals surface area contributed by atoms with Crippen molar-refractivity contribution in [2.75, 3.05) is 172 Å². The average Bonchev–Trinajstić information content (AvgIpc) is 3.19. The van der Waals surface area contributed by atoms with Crippen LogP contribution in [-0.2, 0) is 66.4 Å². The SMILES string of the molecule is CC(C)(C)OC(=O)N[C@H](CCCCNC(=O)CCOCCOCCOCCOCCOCCCOCCOCCOCCOCCOCCOCCOCCN)C(O)O. The number of unbranched alkanes of at least 4 members (excludes halogenated alkanes) is 1. The number of nitrogens with two attached hydrogens (primary N) is 1. The Morgan fingerprint density at radius 1 is 0.492 bits per heavy atom. The summed E-state index contributed by atoms with van der Waals surface area (Å²) in [4.78, 5) is 23.9. The number of aliphatic hydroxyl groups is 2. The second-order valence-electron chi connectivity index (χ2n) is 13.8.